The van der Waals surface area contributed by atoms with Crippen molar-refractivity contribution >= 4 is 20.3 Å². The second-order valence-electron chi connectivity index (χ2n) is 9.41. The fraction of sp³-hybridized carbons (Fsp3) is 0.692. The van der Waals surface area contributed by atoms with Gasteiger partial charge in [0.25, 0.3) is 0 Å². The molecule has 1 N–H and O–H groups in total. The zero-order valence-electron chi connectivity index (χ0n) is 21.6. The van der Waals surface area contributed by atoms with Gasteiger partial charge >= 0.3 is 11.9 Å². The fourth-order valence-electron chi connectivity index (χ4n) is 4.35. The van der Waals surface area contributed by atoms with Crippen molar-refractivity contribution in [1.29, 1.82) is 0 Å². The highest BCUT2D eigenvalue weighted by Crippen LogP contribution is 2.31. The van der Waals surface area contributed by atoms with E-state index in [1.807, 2.05) is 26.0 Å². The van der Waals surface area contributed by atoms with E-state index in [0.717, 1.165) is 23.7 Å². The monoisotopic (exact) mass is 480 g/mol. The zero-order chi connectivity index (χ0) is 25.2. The molecular weight excluding hydrogens is 436 g/mol. The van der Waals surface area contributed by atoms with E-state index in [2.05, 4.69) is 27.4 Å². The summed E-state index contributed by atoms with van der Waals surface area (Å²) in [5.74, 6) is -0.976. The van der Waals surface area contributed by atoms with Gasteiger partial charge in [0, 0.05) is 12.8 Å². The maximum absolute atomic E-state index is 13.0. The van der Waals surface area contributed by atoms with Crippen molar-refractivity contribution in [3.63, 3.8) is 0 Å². The number of rotatable bonds is 8. The molecule has 1 aliphatic heterocycles. The summed E-state index contributed by atoms with van der Waals surface area (Å²) in [6, 6.07) is 2.88. The molecule has 0 aromatic rings. The number of cyclic esters (lactones) is 1. The average molecular weight is 481 g/mol. The molecule has 0 aromatic heterocycles. The van der Waals surface area contributed by atoms with Crippen LogP contribution in [0.5, 0.6) is 0 Å². The molecule has 0 amide bonds. The normalized spacial score (nSPS) is 31.0. The molecule has 1 rings (SSSR count). The lowest BCUT2D eigenvalue weighted by atomic mass is 9.89. The Morgan fingerprint density at radius 1 is 1.27 bits per heavy atom. The highest BCUT2D eigenvalue weighted by molar-refractivity contribution is 6.73. The SMILES string of the molecule is C=C/C=C(\C)[C@H]1OC(=O)C[C@H](O[Si](CC)(CC)CC)CC[C@@](C)(O)[C@H](OC(C)=O)/C=C/[C@@H]1C. The number of ether oxygens (including phenoxy) is 2. The molecule has 0 radical (unpaired) electrons. The van der Waals surface area contributed by atoms with E-state index in [-0.39, 0.29) is 24.4 Å². The van der Waals surface area contributed by atoms with E-state index in [4.69, 9.17) is 13.9 Å². The Labute approximate surface area is 201 Å². The Balaban J connectivity index is 3.41. The van der Waals surface area contributed by atoms with Crippen LogP contribution in [0.25, 0.3) is 0 Å². The van der Waals surface area contributed by atoms with Gasteiger partial charge in [-0.25, -0.2) is 0 Å². The van der Waals surface area contributed by atoms with Crippen LogP contribution in [0, 0.1) is 5.92 Å². The average Bonchev–Trinajstić information content (AvgIpc) is 2.76. The van der Waals surface area contributed by atoms with Crippen molar-refractivity contribution in [2.24, 2.45) is 5.92 Å². The molecule has 5 atom stereocenters. The third-order valence-electron chi connectivity index (χ3n) is 6.78. The topological polar surface area (TPSA) is 82.1 Å². The van der Waals surface area contributed by atoms with Gasteiger partial charge in [0.15, 0.2) is 8.32 Å². The lowest BCUT2D eigenvalue weighted by Crippen LogP contribution is -2.45. The van der Waals surface area contributed by atoms with Crippen LogP contribution >= 0.6 is 0 Å². The molecule has 0 fully saturated rings. The van der Waals surface area contributed by atoms with Crippen molar-refractivity contribution < 1.29 is 28.6 Å². The van der Waals surface area contributed by atoms with Gasteiger partial charge in [0.1, 0.15) is 17.8 Å². The van der Waals surface area contributed by atoms with E-state index in [9.17, 15) is 14.7 Å². The maximum Gasteiger partial charge on any atom is 0.308 e. The van der Waals surface area contributed by atoms with Crippen molar-refractivity contribution in [2.45, 2.75) is 110 Å². The largest absolute Gasteiger partial charge is 0.457 e. The summed E-state index contributed by atoms with van der Waals surface area (Å²) < 4.78 is 18.1. The van der Waals surface area contributed by atoms with E-state index in [1.165, 1.54) is 6.92 Å². The van der Waals surface area contributed by atoms with Gasteiger partial charge in [-0.3, -0.25) is 9.59 Å². The highest BCUT2D eigenvalue weighted by atomic mass is 28.4. The number of carbonyl (C=O) groups excluding carboxylic acids is 2. The van der Waals surface area contributed by atoms with Gasteiger partial charge in [0.2, 0.25) is 0 Å². The van der Waals surface area contributed by atoms with E-state index in [1.54, 1.807) is 19.1 Å². The molecule has 6 nitrogen and oxygen atoms in total. The van der Waals surface area contributed by atoms with Gasteiger partial charge in [-0.15, -0.1) is 0 Å². The minimum atomic E-state index is -1.99. The second-order valence-corrected chi connectivity index (χ2v) is 14.1. The minimum absolute atomic E-state index is 0.122. The van der Waals surface area contributed by atoms with Crippen molar-refractivity contribution in [3.05, 3.63) is 36.5 Å². The number of hydrogen-bond donors (Lipinski definition) is 1. The smallest absolute Gasteiger partial charge is 0.308 e. The molecular formula is C26H44O6Si. The van der Waals surface area contributed by atoms with E-state index >= 15 is 0 Å². The molecule has 0 spiro atoms. The zero-order valence-corrected chi connectivity index (χ0v) is 22.6. The third kappa shape index (κ3) is 8.87. The number of hydrogen-bond acceptors (Lipinski definition) is 6. The fourth-order valence-corrected chi connectivity index (χ4v) is 7.26. The highest BCUT2D eigenvalue weighted by Gasteiger charge is 2.38. The summed E-state index contributed by atoms with van der Waals surface area (Å²) >= 11 is 0. The summed E-state index contributed by atoms with van der Waals surface area (Å²) in [6.45, 7) is 17.0. The summed E-state index contributed by atoms with van der Waals surface area (Å²) in [6.07, 6.45) is 6.25. The Morgan fingerprint density at radius 3 is 2.39 bits per heavy atom. The van der Waals surface area contributed by atoms with Gasteiger partial charge in [-0.1, -0.05) is 52.5 Å². The van der Waals surface area contributed by atoms with Gasteiger partial charge in [-0.05, 0) is 56.5 Å². The van der Waals surface area contributed by atoms with Crippen molar-refractivity contribution in [3.8, 4) is 0 Å². The first-order valence-electron chi connectivity index (χ1n) is 12.2. The Morgan fingerprint density at radius 2 is 1.88 bits per heavy atom. The molecule has 33 heavy (non-hydrogen) atoms. The first-order chi connectivity index (χ1) is 15.4. The van der Waals surface area contributed by atoms with Crippen LogP contribution in [0.4, 0.5) is 0 Å². The number of esters is 2. The lowest BCUT2D eigenvalue weighted by Gasteiger charge is -2.36. The Kier molecular flexibility index (Phi) is 11.8. The quantitative estimate of drug-likeness (QED) is 0.214. The molecule has 188 valence electrons. The number of carbonyl (C=O) groups is 2. The van der Waals surface area contributed by atoms with Crippen LogP contribution in [-0.4, -0.2) is 49.3 Å². The molecule has 0 bridgehead atoms. The second kappa shape index (κ2) is 13.3. The molecule has 7 heteroatoms. The van der Waals surface area contributed by atoms with Gasteiger partial charge < -0.3 is 19.0 Å². The van der Waals surface area contributed by atoms with Crippen LogP contribution < -0.4 is 0 Å². The summed E-state index contributed by atoms with van der Waals surface area (Å²) in [4.78, 5) is 24.7. The number of aliphatic hydroxyl groups is 1. The van der Waals surface area contributed by atoms with E-state index in [0.29, 0.717) is 12.8 Å². The summed E-state index contributed by atoms with van der Waals surface area (Å²) in [5.41, 5.74) is -0.441. The van der Waals surface area contributed by atoms with Gasteiger partial charge in [0.05, 0.1) is 12.5 Å². The van der Waals surface area contributed by atoms with E-state index < -0.39 is 32.1 Å². The summed E-state index contributed by atoms with van der Waals surface area (Å²) in [7, 11) is -1.99. The van der Waals surface area contributed by atoms with Crippen LogP contribution in [0.3, 0.4) is 0 Å². The Bertz CT molecular complexity index is 714. The third-order valence-corrected chi connectivity index (χ3v) is 11.5. The lowest BCUT2D eigenvalue weighted by molar-refractivity contribution is -0.157. The molecule has 0 aliphatic carbocycles. The standard InChI is InChI=1S/C26H44O6Si/c1-9-13-19(5)25-20(6)14-15-23(30-21(7)27)26(8,29)17-16-22(18-24(28)31-25)32-33(10-2,11-3)12-4/h9,13-15,20,22-23,25,29H,1,10-12,16-18H2,2-8H3/b15-14+,19-13+/t20-,22+,23+,25+,26+/m0/s1. The van der Waals surface area contributed by atoms with Crippen LogP contribution in [0.2, 0.25) is 18.1 Å². The van der Waals surface area contributed by atoms with Crippen molar-refractivity contribution in [2.75, 3.05) is 0 Å². The van der Waals surface area contributed by atoms with Crippen LogP contribution in [0.15, 0.2) is 36.5 Å². The molecule has 0 unspecified atom stereocenters. The first kappa shape index (κ1) is 29.3. The first-order valence-corrected chi connectivity index (χ1v) is 14.7. The molecule has 0 aromatic carbocycles. The number of allylic oxidation sites excluding steroid dienone is 2. The van der Waals surface area contributed by atoms with Crippen molar-refractivity contribution in [1.82, 2.24) is 0 Å². The van der Waals surface area contributed by atoms with Gasteiger partial charge in [-0.2, -0.15) is 0 Å². The Hall–Kier alpha value is -1.70. The predicted molar refractivity (Wildman–Crippen MR) is 134 cm³/mol. The predicted octanol–water partition coefficient (Wildman–Crippen LogP) is 5.48. The summed E-state index contributed by atoms with van der Waals surface area (Å²) in [5, 5.41) is 11.3. The van der Waals surface area contributed by atoms with Crippen LogP contribution in [-0.2, 0) is 23.5 Å². The molecule has 0 saturated carbocycles. The minimum Gasteiger partial charge on any atom is -0.457 e. The molecule has 1 heterocycles. The molecule has 1 aliphatic rings. The maximum atomic E-state index is 13.0. The van der Waals surface area contributed by atoms with Crippen LogP contribution in [0.1, 0.15) is 67.7 Å². The molecule has 0 saturated heterocycles.